The molecule has 12 heteroatoms. The number of hydrogen-bond acceptors (Lipinski definition) is 8. The molecule has 8 nitrogen and oxygen atoms in total. The summed E-state index contributed by atoms with van der Waals surface area (Å²) in [6, 6.07) is 7.03. The Balaban J connectivity index is 1.59. The van der Waals surface area contributed by atoms with Crippen molar-refractivity contribution in [3.8, 4) is 16.9 Å². The molecule has 3 heterocycles. The highest BCUT2D eigenvalue weighted by Gasteiger charge is 2.48. The van der Waals surface area contributed by atoms with Crippen LogP contribution >= 0.6 is 0 Å². The fourth-order valence-corrected chi connectivity index (χ4v) is 4.09. The molecular formula is C21H20F3N3O5S. The third-order valence-electron chi connectivity index (χ3n) is 5.51. The van der Waals surface area contributed by atoms with Gasteiger partial charge in [-0.05, 0) is 44.8 Å². The molecule has 0 saturated carbocycles. The van der Waals surface area contributed by atoms with Crippen molar-refractivity contribution < 1.29 is 30.2 Å². The van der Waals surface area contributed by atoms with Gasteiger partial charge in [-0.1, -0.05) is 0 Å². The number of halogens is 3. The second kappa shape index (κ2) is 8.34. The van der Waals surface area contributed by atoms with Gasteiger partial charge in [0.25, 0.3) is 0 Å². The molecule has 1 aromatic carbocycles. The monoisotopic (exact) mass is 483 g/mol. The summed E-state index contributed by atoms with van der Waals surface area (Å²) in [5, 5.41) is 0.0571. The van der Waals surface area contributed by atoms with E-state index >= 15 is 0 Å². The molecular weight excluding hydrogens is 463 g/mol. The van der Waals surface area contributed by atoms with Crippen LogP contribution in [-0.2, 0) is 10.1 Å². The van der Waals surface area contributed by atoms with Crippen molar-refractivity contribution in [1.29, 1.82) is 0 Å². The summed E-state index contributed by atoms with van der Waals surface area (Å²) in [7, 11) is -1.76. The van der Waals surface area contributed by atoms with E-state index in [2.05, 4.69) is 19.0 Å². The molecule has 0 N–H and O–H groups in total. The molecule has 1 fully saturated rings. The van der Waals surface area contributed by atoms with Crippen LogP contribution in [0.15, 0.2) is 52.0 Å². The van der Waals surface area contributed by atoms with Crippen molar-refractivity contribution in [2.45, 2.75) is 18.0 Å². The van der Waals surface area contributed by atoms with E-state index in [1.807, 2.05) is 20.2 Å². The highest BCUT2D eigenvalue weighted by Crippen LogP contribution is 2.29. The number of hydrogen-bond donors (Lipinski definition) is 0. The van der Waals surface area contributed by atoms with Gasteiger partial charge in [-0.25, -0.2) is 4.98 Å². The number of alkyl halides is 3. The van der Waals surface area contributed by atoms with E-state index in [4.69, 9.17) is 4.42 Å². The fourth-order valence-electron chi connectivity index (χ4n) is 3.64. The van der Waals surface area contributed by atoms with Crippen molar-refractivity contribution in [2.24, 2.45) is 0 Å². The number of fused-ring (bicyclic) bond motifs is 1. The number of aromatic nitrogens is 1. The molecule has 4 rings (SSSR count). The van der Waals surface area contributed by atoms with Gasteiger partial charge in [0.05, 0.1) is 10.9 Å². The molecule has 0 aliphatic carbocycles. The van der Waals surface area contributed by atoms with Crippen LogP contribution in [-0.4, -0.2) is 57.0 Å². The molecule has 1 aliphatic heterocycles. The molecule has 2 aromatic heterocycles. The Bertz CT molecular complexity index is 1340. The van der Waals surface area contributed by atoms with Crippen molar-refractivity contribution >= 4 is 26.9 Å². The highest BCUT2D eigenvalue weighted by atomic mass is 32.2. The van der Waals surface area contributed by atoms with Crippen LogP contribution in [0.1, 0.15) is 6.42 Å². The SMILES string of the molecule is CN(C)C1CCN(c2ccc(-c3coc4cc(OS(=O)(=O)C(F)(F)F)ccc4c3=O)cn2)C1. The zero-order chi connectivity index (χ0) is 24.0. The van der Waals surface area contributed by atoms with Gasteiger partial charge in [0, 0.05) is 37.0 Å². The van der Waals surface area contributed by atoms with Gasteiger partial charge in [0.2, 0.25) is 5.43 Å². The quantitative estimate of drug-likeness (QED) is 0.404. The number of nitrogens with zero attached hydrogens (tertiary/aromatic N) is 3. The maximum Gasteiger partial charge on any atom is 0.534 e. The summed E-state index contributed by atoms with van der Waals surface area (Å²) in [5.41, 5.74) is -5.41. The van der Waals surface area contributed by atoms with E-state index in [-0.39, 0.29) is 16.5 Å². The lowest BCUT2D eigenvalue weighted by molar-refractivity contribution is -0.0500. The molecule has 33 heavy (non-hydrogen) atoms. The Morgan fingerprint density at radius 3 is 2.58 bits per heavy atom. The first kappa shape index (κ1) is 23.1. The van der Waals surface area contributed by atoms with E-state index in [1.54, 1.807) is 12.3 Å². The Morgan fingerprint density at radius 2 is 1.97 bits per heavy atom. The Hall–Kier alpha value is -3.12. The first-order valence-corrected chi connectivity index (χ1v) is 11.3. The number of pyridine rings is 1. The molecule has 0 bridgehead atoms. The first-order valence-electron chi connectivity index (χ1n) is 9.90. The van der Waals surface area contributed by atoms with Crippen molar-refractivity contribution in [3.63, 3.8) is 0 Å². The normalized spacial score (nSPS) is 17.2. The average Bonchev–Trinajstić information content (AvgIpc) is 3.24. The average molecular weight is 483 g/mol. The van der Waals surface area contributed by atoms with E-state index in [9.17, 15) is 26.4 Å². The van der Waals surface area contributed by atoms with Crippen LogP contribution in [0.5, 0.6) is 5.75 Å². The van der Waals surface area contributed by atoms with Gasteiger partial charge < -0.3 is 18.4 Å². The number of likely N-dealkylation sites (N-methyl/N-ethyl adjacent to an activating group) is 1. The molecule has 1 aliphatic rings. The summed E-state index contributed by atoms with van der Waals surface area (Å²) < 4.78 is 69.4. The predicted molar refractivity (Wildman–Crippen MR) is 116 cm³/mol. The summed E-state index contributed by atoms with van der Waals surface area (Å²) >= 11 is 0. The smallest absolute Gasteiger partial charge is 0.463 e. The fraction of sp³-hybridized carbons (Fsp3) is 0.333. The van der Waals surface area contributed by atoms with Gasteiger partial charge in [-0.2, -0.15) is 21.6 Å². The Morgan fingerprint density at radius 1 is 1.21 bits per heavy atom. The Labute approximate surface area is 187 Å². The zero-order valence-electron chi connectivity index (χ0n) is 17.7. The Kier molecular flexibility index (Phi) is 5.83. The van der Waals surface area contributed by atoms with Crippen LogP contribution in [0.3, 0.4) is 0 Å². The minimum Gasteiger partial charge on any atom is -0.463 e. The summed E-state index contributed by atoms with van der Waals surface area (Å²) in [6.07, 6.45) is 3.74. The molecule has 1 atom stereocenters. The summed E-state index contributed by atoms with van der Waals surface area (Å²) in [4.78, 5) is 21.7. The van der Waals surface area contributed by atoms with Crippen LogP contribution in [0.25, 0.3) is 22.1 Å². The molecule has 1 unspecified atom stereocenters. The van der Waals surface area contributed by atoms with Crippen LogP contribution in [0.2, 0.25) is 0 Å². The van der Waals surface area contributed by atoms with Gasteiger partial charge >= 0.3 is 15.6 Å². The van der Waals surface area contributed by atoms with Gasteiger partial charge in [0.15, 0.2) is 0 Å². The molecule has 176 valence electrons. The molecule has 0 amide bonds. The van der Waals surface area contributed by atoms with Crippen LogP contribution < -0.4 is 14.5 Å². The second-order valence-electron chi connectivity index (χ2n) is 7.88. The summed E-state index contributed by atoms with van der Waals surface area (Å²) in [6.45, 7) is 1.73. The largest absolute Gasteiger partial charge is 0.534 e. The lowest BCUT2D eigenvalue weighted by Gasteiger charge is -2.21. The standard InChI is InChI=1S/C21H20F3N3O5S/c1-26(2)14-7-8-27(11-14)19-6-3-13(10-25-19)17-12-31-18-9-15(4-5-16(18)20(17)28)32-33(29,30)21(22,23)24/h3-6,9-10,12,14H,7-8,11H2,1-2H3. The summed E-state index contributed by atoms with van der Waals surface area (Å²) in [5.74, 6) is 0.171. The third kappa shape index (κ3) is 4.53. The minimum absolute atomic E-state index is 0.0571. The number of rotatable bonds is 5. The predicted octanol–water partition coefficient (Wildman–Crippen LogP) is 3.22. The molecule has 3 aromatic rings. The van der Waals surface area contributed by atoms with Crippen molar-refractivity contribution in [1.82, 2.24) is 9.88 Å². The maximum absolute atomic E-state index is 12.9. The number of benzene rings is 1. The van der Waals surface area contributed by atoms with E-state index in [1.165, 1.54) is 0 Å². The third-order valence-corrected chi connectivity index (χ3v) is 6.49. The molecule has 0 spiro atoms. The molecule has 1 saturated heterocycles. The van der Waals surface area contributed by atoms with Crippen LogP contribution in [0.4, 0.5) is 19.0 Å². The van der Waals surface area contributed by atoms with E-state index in [0.29, 0.717) is 11.6 Å². The highest BCUT2D eigenvalue weighted by molar-refractivity contribution is 7.88. The van der Waals surface area contributed by atoms with Crippen LogP contribution in [0, 0.1) is 0 Å². The van der Waals surface area contributed by atoms with Gasteiger partial charge in [-0.15, -0.1) is 0 Å². The van der Waals surface area contributed by atoms with Crippen molar-refractivity contribution in [3.05, 3.63) is 53.0 Å². The zero-order valence-corrected chi connectivity index (χ0v) is 18.5. The van der Waals surface area contributed by atoms with Gasteiger partial charge in [-0.3, -0.25) is 4.79 Å². The van der Waals surface area contributed by atoms with Gasteiger partial charge in [0.1, 0.15) is 23.4 Å². The van der Waals surface area contributed by atoms with E-state index < -0.39 is 26.8 Å². The second-order valence-corrected chi connectivity index (χ2v) is 9.41. The van der Waals surface area contributed by atoms with Crippen molar-refractivity contribution in [2.75, 3.05) is 32.1 Å². The lowest BCUT2D eigenvalue weighted by atomic mass is 10.1. The number of anilines is 1. The van der Waals surface area contributed by atoms with E-state index in [0.717, 1.165) is 49.8 Å². The first-order chi connectivity index (χ1) is 15.5. The topological polar surface area (TPSA) is 93.0 Å². The lowest BCUT2D eigenvalue weighted by Crippen LogP contribution is -2.31. The maximum atomic E-state index is 12.9. The minimum atomic E-state index is -5.83. The molecule has 0 radical (unpaired) electrons.